The van der Waals surface area contributed by atoms with Gasteiger partial charge in [0.15, 0.2) is 11.7 Å². The zero-order valence-electron chi connectivity index (χ0n) is 15.3. The molecule has 2 aromatic carbocycles. The number of hydrazine groups is 1. The quantitative estimate of drug-likeness (QED) is 0.448. The number of thiocarbonyl (C=S) groups is 1. The minimum atomic E-state index is -0.449. The highest BCUT2D eigenvalue weighted by Crippen LogP contribution is 2.16. The molecule has 0 aromatic heterocycles. The molecule has 0 aliphatic rings. The number of ether oxygens (including phenoxy) is 2. The Kier molecular flexibility index (Phi) is 8.21. The monoisotopic (exact) mass is 465 g/mol. The van der Waals surface area contributed by atoms with Gasteiger partial charge >= 0.3 is 0 Å². The van der Waals surface area contributed by atoms with Gasteiger partial charge in [-0.3, -0.25) is 25.8 Å². The molecule has 2 rings (SSSR count). The lowest BCUT2D eigenvalue weighted by Crippen LogP contribution is -2.49. The van der Waals surface area contributed by atoms with Gasteiger partial charge in [-0.2, -0.15) is 0 Å². The molecule has 7 nitrogen and oxygen atoms in total. The molecular formula is C19H20BrN3O4S. The normalized spacial score (nSPS) is 10.1. The number of nitrogens with one attached hydrogen (secondary N) is 3. The molecule has 0 saturated heterocycles. The van der Waals surface area contributed by atoms with Crippen molar-refractivity contribution >= 4 is 45.1 Å². The van der Waals surface area contributed by atoms with Gasteiger partial charge in [-0.25, -0.2) is 0 Å². The van der Waals surface area contributed by atoms with Gasteiger partial charge in [0, 0.05) is 10.0 Å². The lowest BCUT2D eigenvalue weighted by atomic mass is 10.2. The van der Waals surface area contributed by atoms with Crippen LogP contribution in [-0.4, -0.2) is 29.6 Å². The van der Waals surface area contributed by atoms with Crippen molar-refractivity contribution in [2.45, 2.75) is 20.0 Å². The summed E-state index contributed by atoms with van der Waals surface area (Å²) in [7, 11) is 0. The first-order valence-corrected chi connectivity index (χ1v) is 9.59. The van der Waals surface area contributed by atoms with Crippen LogP contribution in [0.5, 0.6) is 11.5 Å². The van der Waals surface area contributed by atoms with Gasteiger partial charge in [0.1, 0.15) is 11.5 Å². The molecule has 2 aromatic rings. The van der Waals surface area contributed by atoms with Crippen molar-refractivity contribution in [1.29, 1.82) is 0 Å². The van der Waals surface area contributed by atoms with Gasteiger partial charge in [-0.05, 0) is 74.6 Å². The summed E-state index contributed by atoms with van der Waals surface area (Å²) in [5, 5.41) is 2.43. The van der Waals surface area contributed by atoms with Crippen LogP contribution in [0.2, 0.25) is 0 Å². The smallest absolute Gasteiger partial charge is 0.276 e. The second-order valence-corrected chi connectivity index (χ2v) is 7.21. The number of carbonyl (C=O) groups excluding carboxylic acids is 2. The topological polar surface area (TPSA) is 88.7 Å². The average molecular weight is 466 g/mol. The van der Waals surface area contributed by atoms with Crippen LogP contribution in [0.15, 0.2) is 53.0 Å². The summed E-state index contributed by atoms with van der Waals surface area (Å²) in [4.78, 5) is 23.9. The SMILES string of the molecule is CC(C)Oc1ccc(C(=O)NC(=S)NNC(=O)COc2ccc(Br)cc2)cc1. The Morgan fingerprint density at radius 3 is 2.21 bits per heavy atom. The third-order valence-corrected chi connectivity index (χ3v) is 3.95. The number of halogens is 1. The second-order valence-electron chi connectivity index (χ2n) is 5.89. The summed E-state index contributed by atoms with van der Waals surface area (Å²) in [6.07, 6.45) is 0.0489. The van der Waals surface area contributed by atoms with E-state index in [-0.39, 0.29) is 17.8 Å². The van der Waals surface area contributed by atoms with E-state index in [9.17, 15) is 9.59 Å². The summed E-state index contributed by atoms with van der Waals surface area (Å²) in [5.41, 5.74) is 5.21. The van der Waals surface area contributed by atoms with E-state index in [2.05, 4.69) is 32.1 Å². The Bertz CT molecular complexity index is 826. The van der Waals surface area contributed by atoms with E-state index in [0.29, 0.717) is 17.1 Å². The third-order valence-electron chi connectivity index (χ3n) is 3.21. The van der Waals surface area contributed by atoms with Crippen LogP contribution in [0.25, 0.3) is 0 Å². The van der Waals surface area contributed by atoms with Crippen LogP contribution < -0.4 is 25.6 Å². The van der Waals surface area contributed by atoms with Crippen LogP contribution in [0.3, 0.4) is 0 Å². The summed E-state index contributed by atoms with van der Waals surface area (Å²) in [6.45, 7) is 3.63. The lowest BCUT2D eigenvalue weighted by molar-refractivity contribution is -0.123. The molecule has 28 heavy (non-hydrogen) atoms. The maximum atomic E-state index is 12.2. The molecule has 0 unspecified atom stereocenters. The van der Waals surface area contributed by atoms with E-state index in [4.69, 9.17) is 21.7 Å². The molecule has 0 aliphatic carbocycles. The minimum Gasteiger partial charge on any atom is -0.491 e. The van der Waals surface area contributed by atoms with Gasteiger partial charge in [0.2, 0.25) is 0 Å². The van der Waals surface area contributed by atoms with E-state index in [1.807, 2.05) is 13.8 Å². The highest BCUT2D eigenvalue weighted by atomic mass is 79.9. The molecule has 0 saturated carbocycles. The minimum absolute atomic E-state index is 0.0375. The number of benzene rings is 2. The zero-order valence-corrected chi connectivity index (χ0v) is 17.7. The number of hydrogen-bond donors (Lipinski definition) is 3. The van der Waals surface area contributed by atoms with E-state index >= 15 is 0 Å². The number of rotatable bonds is 6. The van der Waals surface area contributed by atoms with Crippen molar-refractivity contribution in [3.05, 3.63) is 58.6 Å². The van der Waals surface area contributed by atoms with Crippen molar-refractivity contribution in [1.82, 2.24) is 16.2 Å². The van der Waals surface area contributed by atoms with Crippen molar-refractivity contribution in [3.63, 3.8) is 0 Å². The fraction of sp³-hybridized carbons (Fsp3) is 0.211. The molecule has 0 fully saturated rings. The first kappa shape index (κ1) is 21.6. The molecule has 9 heteroatoms. The summed E-state index contributed by atoms with van der Waals surface area (Å²) >= 11 is 8.31. The highest BCUT2D eigenvalue weighted by molar-refractivity contribution is 9.10. The number of hydrogen-bond acceptors (Lipinski definition) is 5. The Labute approximate surface area is 176 Å². The van der Waals surface area contributed by atoms with Crippen molar-refractivity contribution < 1.29 is 19.1 Å². The fourth-order valence-electron chi connectivity index (χ4n) is 2.01. The Morgan fingerprint density at radius 2 is 1.61 bits per heavy atom. The van der Waals surface area contributed by atoms with E-state index in [1.54, 1.807) is 48.5 Å². The molecule has 0 heterocycles. The summed E-state index contributed by atoms with van der Waals surface area (Å²) < 4.78 is 11.8. The highest BCUT2D eigenvalue weighted by Gasteiger charge is 2.09. The predicted molar refractivity (Wildman–Crippen MR) is 113 cm³/mol. The van der Waals surface area contributed by atoms with Crippen molar-refractivity contribution in [3.8, 4) is 11.5 Å². The summed E-state index contributed by atoms with van der Waals surface area (Å²) in [5.74, 6) is 0.369. The van der Waals surface area contributed by atoms with Gasteiger partial charge in [-0.15, -0.1) is 0 Å². The maximum absolute atomic E-state index is 12.2. The molecule has 0 bridgehead atoms. The molecule has 3 N–H and O–H groups in total. The van der Waals surface area contributed by atoms with Gasteiger partial charge in [-0.1, -0.05) is 15.9 Å². The van der Waals surface area contributed by atoms with Gasteiger partial charge in [0.25, 0.3) is 11.8 Å². The molecule has 0 atom stereocenters. The Hall–Kier alpha value is -2.65. The standard InChI is InChI=1S/C19H20BrN3O4S/c1-12(2)27-16-7-3-13(4-8-16)18(25)21-19(28)23-22-17(24)11-26-15-9-5-14(20)6-10-15/h3-10,12H,11H2,1-2H3,(H,22,24)(H2,21,23,25,28). The molecular weight excluding hydrogens is 446 g/mol. The van der Waals surface area contributed by atoms with E-state index in [1.165, 1.54) is 0 Å². The number of carbonyl (C=O) groups is 2. The van der Waals surface area contributed by atoms with Crippen LogP contribution in [-0.2, 0) is 4.79 Å². The van der Waals surface area contributed by atoms with Crippen LogP contribution >= 0.6 is 28.1 Å². The van der Waals surface area contributed by atoms with Crippen LogP contribution in [0.1, 0.15) is 24.2 Å². The van der Waals surface area contributed by atoms with E-state index < -0.39 is 11.8 Å². The van der Waals surface area contributed by atoms with Gasteiger partial charge < -0.3 is 9.47 Å². The molecule has 0 spiro atoms. The van der Waals surface area contributed by atoms with Crippen molar-refractivity contribution in [2.24, 2.45) is 0 Å². The molecule has 0 radical (unpaired) electrons. The van der Waals surface area contributed by atoms with E-state index in [0.717, 1.165) is 4.47 Å². The first-order chi connectivity index (χ1) is 13.3. The first-order valence-electron chi connectivity index (χ1n) is 8.38. The molecule has 0 aliphatic heterocycles. The zero-order chi connectivity index (χ0) is 20.5. The lowest BCUT2D eigenvalue weighted by Gasteiger charge is -2.12. The largest absolute Gasteiger partial charge is 0.491 e. The average Bonchev–Trinajstić information content (AvgIpc) is 2.66. The van der Waals surface area contributed by atoms with Crippen LogP contribution in [0, 0.1) is 0 Å². The maximum Gasteiger partial charge on any atom is 0.276 e. The Balaban J connectivity index is 1.72. The molecule has 2 amide bonds. The fourth-order valence-corrected chi connectivity index (χ4v) is 2.41. The second kappa shape index (κ2) is 10.6. The van der Waals surface area contributed by atoms with Crippen LogP contribution in [0.4, 0.5) is 0 Å². The van der Waals surface area contributed by atoms with Gasteiger partial charge in [0.05, 0.1) is 6.10 Å². The summed E-state index contributed by atoms with van der Waals surface area (Å²) in [6, 6.07) is 13.7. The third kappa shape index (κ3) is 7.53. The number of amides is 2. The Morgan fingerprint density at radius 1 is 1.00 bits per heavy atom. The van der Waals surface area contributed by atoms with Crippen molar-refractivity contribution in [2.75, 3.05) is 6.61 Å². The predicted octanol–water partition coefficient (Wildman–Crippen LogP) is 2.95. The molecule has 148 valence electrons.